The summed E-state index contributed by atoms with van der Waals surface area (Å²) in [7, 11) is 1.97. The number of rotatable bonds is 5. The van der Waals surface area contributed by atoms with E-state index in [0.717, 1.165) is 49.2 Å². The van der Waals surface area contributed by atoms with Gasteiger partial charge < -0.3 is 15.5 Å². The van der Waals surface area contributed by atoms with Gasteiger partial charge in [0, 0.05) is 45.0 Å². The minimum absolute atomic E-state index is 0.403. The van der Waals surface area contributed by atoms with Crippen LogP contribution in [0.2, 0.25) is 0 Å². The molecule has 6 rings (SSSR count). The summed E-state index contributed by atoms with van der Waals surface area (Å²) in [4.78, 5) is 17.7. The van der Waals surface area contributed by atoms with Crippen molar-refractivity contribution in [3.05, 3.63) is 103 Å². The Morgan fingerprint density at radius 2 is 1.51 bits per heavy atom. The maximum atomic E-state index is 10.9. The number of carbonyl (C=O) groups is 1. The molecule has 0 saturated carbocycles. The van der Waals surface area contributed by atoms with Crippen LogP contribution in [-0.4, -0.2) is 54.1 Å². The van der Waals surface area contributed by atoms with Crippen molar-refractivity contribution in [2.45, 2.75) is 0 Å². The Morgan fingerprint density at radius 3 is 2.24 bits per heavy atom. The quantitative estimate of drug-likeness (QED) is 0.337. The van der Waals surface area contributed by atoms with Crippen LogP contribution in [0, 0.1) is 0 Å². The highest BCUT2D eigenvalue weighted by Crippen LogP contribution is 2.27. The zero-order chi connectivity index (χ0) is 25.5. The van der Waals surface area contributed by atoms with Gasteiger partial charge in [0.05, 0.1) is 17.6 Å². The molecule has 7 nitrogen and oxygen atoms in total. The molecule has 0 spiro atoms. The molecule has 0 radical (unpaired) electrons. The van der Waals surface area contributed by atoms with Crippen LogP contribution in [0.4, 0.5) is 11.4 Å². The molecule has 2 N–H and O–H groups in total. The van der Waals surface area contributed by atoms with Gasteiger partial charge in [-0.3, -0.25) is 4.79 Å². The Kier molecular flexibility index (Phi) is 7.52. The number of para-hydroxylation sites is 2. The maximum absolute atomic E-state index is 10.9. The molecule has 1 aliphatic heterocycles. The average molecular weight is 491 g/mol. The van der Waals surface area contributed by atoms with Gasteiger partial charge in [0.2, 0.25) is 0 Å². The van der Waals surface area contributed by atoms with E-state index >= 15 is 0 Å². The van der Waals surface area contributed by atoms with E-state index in [1.807, 2.05) is 25.2 Å². The second-order valence-corrected chi connectivity index (χ2v) is 8.74. The molecule has 1 aliphatic rings. The van der Waals surface area contributed by atoms with Crippen LogP contribution in [0.15, 0.2) is 97.3 Å². The number of nitrogens with zero attached hydrogens (tertiary/aromatic N) is 4. The van der Waals surface area contributed by atoms with E-state index in [0.29, 0.717) is 11.3 Å². The largest absolute Gasteiger partial charge is 0.386 e. The molecule has 186 valence electrons. The van der Waals surface area contributed by atoms with Crippen LogP contribution in [0.1, 0.15) is 10.5 Å². The Balaban J connectivity index is 0.000000171. The molecule has 2 aromatic heterocycles. The lowest BCUT2D eigenvalue weighted by atomic mass is 10.0. The standard InChI is InChI=1S/C19H13N3O.C11H17N3/c23-13-17-10-11-22-19(21-17)18(12-20-22)16-8-6-15(7-9-16)14-4-2-1-3-5-14;1-12-10-4-2-3-5-11(10)14-8-6-13-7-9-14/h1-13H;2-5,12-13H,6-9H2,1H3. The number of carbonyl (C=O) groups excluding carboxylic acids is 1. The normalized spacial score (nSPS) is 13.1. The molecular formula is C30H30N6O. The number of fused-ring (bicyclic) bond motifs is 1. The molecule has 0 unspecified atom stereocenters. The highest BCUT2D eigenvalue weighted by Gasteiger charge is 2.12. The second-order valence-electron chi connectivity index (χ2n) is 8.74. The summed E-state index contributed by atoms with van der Waals surface area (Å²) >= 11 is 0. The van der Waals surface area contributed by atoms with Gasteiger partial charge in [0.1, 0.15) is 5.69 Å². The summed E-state index contributed by atoms with van der Waals surface area (Å²) in [5, 5.41) is 10.9. The summed E-state index contributed by atoms with van der Waals surface area (Å²) in [6.45, 7) is 4.35. The number of nitrogens with one attached hydrogen (secondary N) is 2. The van der Waals surface area contributed by atoms with Crippen molar-refractivity contribution in [1.29, 1.82) is 0 Å². The van der Waals surface area contributed by atoms with Gasteiger partial charge in [-0.1, -0.05) is 66.7 Å². The smallest absolute Gasteiger partial charge is 0.168 e. The number of anilines is 2. The number of benzene rings is 3. The Labute approximate surface area is 216 Å². The van der Waals surface area contributed by atoms with E-state index in [2.05, 4.69) is 86.3 Å². The van der Waals surface area contributed by atoms with E-state index in [9.17, 15) is 4.79 Å². The van der Waals surface area contributed by atoms with Crippen molar-refractivity contribution >= 4 is 23.3 Å². The van der Waals surface area contributed by atoms with E-state index in [4.69, 9.17) is 0 Å². The van der Waals surface area contributed by atoms with Crippen LogP contribution >= 0.6 is 0 Å². The first-order valence-corrected chi connectivity index (χ1v) is 12.4. The van der Waals surface area contributed by atoms with Crippen molar-refractivity contribution in [2.75, 3.05) is 43.4 Å². The molecule has 7 heteroatoms. The molecule has 0 bridgehead atoms. The molecule has 0 aliphatic carbocycles. The fourth-order valence-electron chi connectivity index (χ4n) is 4.49. The fraction of sp³-hybridized carbons (Fsp3) is 0.167. The third kappa shape index (κ3) is 5.52. The first-order valence-electron chi connectivity index (χ1n) is 12.4. The summed E-state index contributed by atoms with van der Waals surface area (Å²) in [6, 6.07) is 28.6. The lowest BCUT2D eigenvalue weighted by molar-refractivity contribution is 0.111. The molecule has 5 aromatic rings. The molecule has 3 aromatic carbocycles. The predicted octanol–water partition coefficient (Wildman–Crippen LogP) is 5.01. The number of aldehydes is 1. The second kappa shape index (κ2) is 11.5. The molecule has 3 heterocycles. The van der Waals surface area contributed by atoms with Gasteiger partial charge in [0.15, 0.2) is 11.9 Å². The van der Waals surface area contributed by atoms with Crippen molar-refractivity contribution in [1.82, 2.24) is 19.9 Å². The third-order valence-electron chi connectivity index (χ3n) is 6.45. The van der Waals surface area contributed by atoms with Crippen molar-refractivity contribution in [3.63, 3.8) is 0 Å². The highest BCUT2D eigenvalue weighted by molar-refractivity contribution is 5.81. The minimum Gasteiger partial charge on any atom is -0.386 e. The first kappa shape index (κ1) is 24.2. The van der Waals surface area contributed by atoms with Crippen molar-refractivity contribution in [2.24, 2.45) is 0 Å². The first-order chi connectivity index (χ1) is 18.3. The number of hydrogen-bond donors (Lipinski definition) is 2. The molecule has 1 saturated heterocycles. The molecule has 37 heavy (non-hydrogen) atoms. The van der Waals surface area contributed by atoms with Crippen LogP contribution < -0.4 is 15.5 Å². The third-order valence-corrected chi connectivity index (χ3v) is 6.45. The minimum atomic E-state index is 0.403. The summed E-state index contributed by atoms with van der Waals surface area (Å²) in [6.07, 6.45) is 4.26. The number of piperazine rings is 1. The maximum Gasteiger partial charge on any atom is 0.168 e. The molecule has 1 fully saturated rings. The van der Waals surface area contributed by atoms with E-state index in [-0.39, 0.29) is 0 Å². The monoisotopic (exact) mass is 490 g/mol. The van der Waals surface area contributed by atoms with Crippen LogP contribution in [0.3, 0.4) is 0 Å². The number of aromatic nitrogens is 3. The molecule has 0 atom stereocenters. The zero-order valence-corrected chi connectivity index (χ0v) is 20.8. The van der Waals surface area contributed by atoms with Crippen LogP contribution in [0.25, 0.3) is 27.9 Å². The summed E-state index contributed by atoms with van der Waals surface area (Å²) in [5.74, 6) is 0. The lowest BCUT2D eigenvalue weighted by Crippen LogP contribution is -2.43. The van der Waals surface area contributed by atoms with Gasteiger partial charge in [-0.15, -0.1) is 0 Å². The van der Waals surface area contributed by atoms with Crippen LogP contribution in [0.5, 0.6) is 0 Å². The Bertz CT molecular complexity index is 1460. The Morgan fingerprint density at radius 1 is 0.838 bits per heavy atom. The van der Waals surface area contributed by atoms with Gasteiger partial charge in [-0.05, 0) is 34.9 Å². The molecule has 0 amide bonds. The van der Waals surface area contributed by atoms with Gasteiger partial charge in [0.25, 0.3) is 0 Å². The predicted molar refractivity (Wildman–Crippen MR) is 150 cm³/mol. The van der Waals surface area contributed by atoms with Crippen LogP contribution in [-0.2, 0) is 0 Å². The average Bonchev–Trinajstić information content (AvgIpc) is 3.42. The van der Waals surface area contributed by atoms with E-state index in [1.165, 1.54) is 16.9 Å². The number of hydrogen-bond acceptors (Lipinski definition) is 6. The van der Waals surface area contributed by atoms with Crippen molar-refractivity contribution < 1.29 is 4.79 Å². The highest BCUT2D eigenvalue weighted by atomic mass is 16.1. The summed E-state index contributed by atoms with van der Waals surface area (Å²) in [5.41, 5.74) is 7.89. The SMILES string of the molecule is CNc1ccccc1N1CCNCC1.O=Cc1ccn2ncc(-c3ccc(-c4ccccc4)cc3)c2n1. The van der Waals surface area contributed by atoms with E-state index < -0.39 is 0 Å². The lowest BCUT2D eigenvalue weighted by Gasteiger charge is -2.30. The summed E-state index contributed by atoms with van der Waals surface area (Å²) < 4.78 is 1.67. The van der Waals surface area contributed by atoms with Gasteiger partial charge in [-0.2, -0.15) is 5.10 Å². The Hall–Kier alpha value is -4.49. The van der Waals surface area contributed by atoms with Gasteiger partial charge >= 0.3 is 0 Å². The van der Waals surface area contributed by atoms with Crippen molar-refractivity contribution in [3.8, 4) is 22.3 Å². The van der Waals surface area contributed by atoms with E-state index in [1.54, 1.807) is 23.0 Å². The topological polar surface area (TPSA) is 74.6 Å². The molecular weight excluding hydrogens is 460 g/mol. The zero-order valence-electron chi connectivity index (χ0n) is 20.8. The fourth-order valence-corrected chi connectivity index (χ4v) is 4.49. The van der Waals surface area contributed by atoms with Gasteiger partial charge in [-0.25, -0.2) is 9.50 Å².